The molecule has 11 heteroatoms. The fraction of sp³-hybridized carbons (Fsp3) is 0.591. The molecule has 1 heterocycles. The van der Waals surface area contributed by atoms with Crippen LogP contribution in [0, 0.1) is 21.4 Å². The molecule has 0 unspecified atom stereocenters. The Balaban J connectivity index is 2.21. The molecule has 33 heavy (non-hydrogen) atoms. The Labute approximate surface area is 190 Å². The SMILES string of the molecule is CCOC(=O)C1(C(=O)OCC)CC[C@@H](CC(=O)OC)[C@@H]([N+](=O)[O-])[C@@H]1c1ccc2c(c1)OCO2. The number of esters is 3. The lowest BCUT2D eigenvalue weighted by Crippen LogP contribution is -2.57. The quantitative estimate of drug-likeness (QED) is 0.184. The molecular formula is C22H27NO10. The van der Waals surface area contributed by atoms with E-state index in [1.807, 2.05) is 0 Å². The predicted octanol–water partition coefficient (Wildman–Crippen LogP) is 2.23. The zero-order valence-corrected chi connectivity index (χ0v) is 18.7. The average molecular weight is 465 g/mol. The van der Waals surface area contributed by atoms with Crippen molar-refractivity contribution in [2.45, 2.75) is 45.1 Å². The van der Waals surface area contributed by atoms with Crippen LogP contribution in [0.15, 0.2) is 18.2 Å². The largest absolute Gasteiger partial charge is 0.469 e. The Bertz CT molecular complexity index is 912. The lowest BCUT2D eigenvalue weighted by atomic mass is 9.58. The van der Waals surface area contributed by atoms with E-state index in [9.17, 15) is 24.5 Å². The Hall–Kier alpha value is -3.37. The maximum atomic E-state index is 13.3. The molecule has 0 aromatic heterocycles. The standard InChI is InChI=1S/C22H27NO10/c1-4-30-20(25)22(21(26)31-5-2)9-8-14(11-17(24)29-3)19(23(27)28)18(22)13-6-7-15-16(10-13)33-12-32-15/h6-7,10,14,18-19H,4-5,8-9,11-12H2,1-3H3/t14-,18-,19+/m0/s1. The van der Waals surface area contributed by atoms with Gasteiger partial charge < -0.3 is 23.7 Å². The number of benzene rings is 1. The number of hydrogen-bond acceptors (Lipinski definition) is 10. The third kappa shape index (κ3) is 4.44. The number of rotatable bonds is 8. The van der Waals surface area contributed by atoms with E-state index in [1.165, 1.54) is 13.2 Å². The van der Waals surface area contributed by atoms with Crippen molar-refractivity contribution in [1.29, 1.82) is 0 Å². The maximum Gasteiger partial charge on any atom is 0.324 e. The van der Waals surface area contributed by atoms with E-state index in [4.69, 9.17) is 23.7 Å². The molecular weight excluding hydrogens is 438 g/mol. The maximum absolute atomic E-state index is 13.3. The first-order valence-electron chi connectivity index (χ1n) is 10.7. The van der Waals surface area contributed by atoms with Crippen LogP contribution in [-0.2, 0) is 28.6 Å². The highest BCUT2D eigenvalue weighted by Gasteiger charge is 2.65. The summed E-state index contributed by atoms with van der Waals surface area (Å²) in [6.07, 6.45) is -0.264. The van der Waals surface area contributed by atoms with Crippen LogP contribution in [0.25, 0.3) is 0 Å². The van der Waals surface area contributed by atoms with Gasteiger partial charge in [-0.2, -0.15) is 0 Å². The second-order valence-electron chi connectivity index (χ2n) is 7.86. The fourth-order valence-corrected chi connectivity index (χ4v) is 4.77. The number of methoxy groups -OCH3 is 1. The zero-order chi connectivity index (χ0) is 24.2. The average Bonchev–Trinajstić information content (AvgIpc) is 3.26. The highest BCUT2D eigenvalue weighted by atomic mass is 16.7. The van der Waals surface area contributed by atoms with E-state index >= 15 is 0 Å². The monoisotopic (exact) mass is 465 g/mol. The zero-order valence-electron chi connectivity index (χ0n) is 18.7. The van der Waals surface area contributed by atoms with Crippen LogP contribution >= 0.6 is 0 Å². The van der Waals surface area contributed by atoms with Crippen molar-refractivity contribution in [1.82, 2.24) is 0 Å². The summed E-state index contributed by atoms with van der Waals surface area (Å²) in [5.74, 6) is -3.68. The molecule has 3 rings (SSSR count). The first kappa shape index (κ1) is 24.3. The van der Waals surface area contributed by atoms with E-state index in [-0.39, 0.29) is 39.3 Å². The lowest BCUT2D eigenvalue weighted by molar-refractivity contribution is -0.542. The molecule has 2 aliphatic rings. The van der Waals surface area contributed by atoms with Crippen LogP contribution in [0.3, 0.4) is 0 Å². The first-order chi connectivity index (χ1) is 15.8. The minimum atomic E-state index is -1.97. The van der Waals surface area contributed by atoms with Gasteiger partial charge in [0.1, 0.15) is 0 Å². The number of fused-ring (bicyclic) bond motifs is 1. The van der Waals surface area contributed by atoms with Gasteiger partial charge >= 0.3 is 17.9 Å². The van der Waals surface area contributed by atoms with Crippen LogP contribution < -0.4 is 9.47 Å². The summed E-state index contributed by atoms with van der Waals surface area (Å²) in [5, 5.41) is 12.4. The van der Waals surface area contributed by atoms with Gasteiger partial charge in [0.05, 0.1) is 32.7 Å². The second-order valence-corrected chi connectivity index (χ2v) is 7.86. The Kier molecular flexibility index (Phi) is 7.39. The summed E-state index contributed by atoms with van der Waals surface area (Å²) in [6.45, 7) is 3.10. The summed E-state index contributed by atoms with van der Waals surface area (Å²) in [6, 6.07) is 3.19. The molecule has 0 N–H and O–H groups in total. The minimum Gasteiger partial charge on any atom is -0.469 e. The molecule has 180 valence electrons. The Morgan fingerprint density at radius 3 is 2.33 bits per heavy atom. The molecule has 0 saturated heterocycles. The second kappa shape index (κ2) is 10.1. The van der Waals surface area contributed by atoms with Crippen molar-refractivity contribution in [3.05, 3.63) is 33.9 Å². The molecule has 3 atom stereocenters. The minimum absolute atomic E-state index is 0.0199. The van der Waals surface area contributed by atoms with Crippen molar-refractivity contribution >= 4 is 17.9 Å². The molecule has 0 bridgehead atoms. The van der Waals surface area contributed by atoms with E-state index in [0.717, 1.165) is 0 Å². The van der Waals surface area contributed by atoms with E-state index in [1.54, 1.807) is 26.0 Å². The van der Waals surface area contributed by atoms with Gasteiger partial charge in [-0.25, -0.2) is 0 Å². The van der Waals surface area contributed by atoms with Gasteiger partial charge in [-0.3, -0.25) is 24.5 Å². The molecule has 1 aliphatic heterocycles. The van der Waals surface area contributed by atoms with E-state index in [2.05, 4.69) is 0 Å². The topological polar surface area (TPSA) is 140 Å². The molecule has 0 amide bonds. The van der Waals surface area contributed by atoms with Crippen molar-refractivity contribution in [2.75, 3.05) is 27.1 Å². The summed E-state index contributed by atoms with van der Waals surface area (Å²) >= 11 is 0. The van der Waals surface area contributed by atoms with Crippen molar-refractivity contribution < 1.29 is 43.0 Å². The highest BCUT2D eigenvalue weighted by Crippen LogP contribution is 2.54. The number of nitrogens with zero attached hydrogens (tertiary/aromatic N) is 1. The number of ether oxygens (including phenoxy) is 5. The molecule has 1 fully saturated rings. The van der Waals surface area contributed by atoms with Crippen LogP contribution in [0.4, 0.5) is 0 Å². The summed E-state index contributed by atoms with van der Waals surface area (Å²) in [4.78, 5) is 50.5. The van der Waals surface area contributed by atoms with E-state index < -0.39 is 46.1 Å². The number of carbonyl (C=O) groups is 3. The summed E-state index contributed by atoms with van der Waals surface area (Å²) < 4.78 is 26.0. The van der Waals surface area contributed by atoms with Gasteiger partial charge in [-0.15, -0.1) is 0 Å². The number of carbonyl (C=O) groups excluding carboxylic acids is 3. The first-order valence-corrected chi connectivity index (χ1v) is 10.7. The smallest absolute Gasteiger partial charge is 0.324 e. The highest BCUT2D eigenvalue weighted by molar-refractivity contribution is 6.01. The molecule has 1 aliphatic carbocycles. The molecule has 1 aromatic rings. The molecule has 0 radical (unpaired) electrons. The van der Waals surface area contributed by atoms with Crippen LogP contribution in [-0.4, -0.2) is 56.0 Å². The molecule has 0 spiro atoms. The Morgan fingerprint density at radius 2 is 1.76 bits per heavy atom. The third-order valence-electron chi connectivity index (χ3n) is 6.20. The van der Waals surface area contributed by atoms with Gasteiger partial charge in [0.15, 0.2) is 16.9 Å². The van der Waals surface area contributed by atoms with Crippen molar-refractivity contribution in [3.8, 4) is 11.5 Å². The van der Waals surface area contributed by atoms with E-state index in [0.29, 0.717) is 17.1 Å². The summed E-state index contributed by atoms with van der Waals surface area (Å²) in [7, 11) is 1.20. The van der Waals surface area contributed by atoms with Gasteiger partial charge in [0, 0.05) is 10.8 Å². The summed E-state index contributed by atoms with van der Waals surface area (Å²) in [5.41, 5.74) is -1.65. The van der Waals surface area contributed by atoms with Gasteiger partial charge in [-0.1, -0.05) is 6.07 Å². The van der Waals surface area contributed by atoms with Crippen LogP contribution in [0.5, 0.6) is 11.5 Å². The normalized spacial score (nSPS) is 22.8. The predicted molar refractivity (Wildman–Crippen MR) is 111 cm³/mol. The third-order valence-corrected chi connectivity index (χ3v) is 6.20. The van der Waals surface area contributed by atoms with Gasteiger partial charge in [0.25, 0.3) is 0 Å². The lowest BCUT2D eigenvalue weighted by Gasteiger charge is -2.43. The van der Waals surface area contributed by atoms with Gasteiger partial charge in [-0.05, 0) is 44.4 Å². The molecule has 1 aromatic carbocycles. The number of nitro groups is 1. The number of hydrogen-bond donors (Lipinski definition) is 0. The van der Waals surface area contributed by atoms with Crippen molar-refractivity contribution in [3.63, 3.8) is 0 Å². The fourth-order valence-electron chi connectivity index (χ4n) is 4.77. The Morgan fingerprint density at radius 1 is 1.12 bits per heavy atom. The van der Waals surface area contributed by atoms with Crippen LogP contribution in [0.1, 0.15) is 44.6 Å². The van der Waals surface area contributed by atoms with Crippen LogP contribution in [0.2, 0.25) is 0 Å². The molecule has 11 nitrogen and oxygen atoms in total. The molecule has 1 saturated carbocycles. The van der Waals surface area contributed by atoms with Gasteiger partial charge in [0.2, 0.25) is 12.8 Å². The van der Waals surface area contributed by atoms with Crippen molar-refractivity contribution in [2.24, 2.45) is 11.3 Å².